The standard InChI is InChI=1S/C15H10F2O2/c1-19-13-7-5-9-8-4-6-12(18)14(16)10(8)2-3-11(9)15(13)17/h2-7,18H,1H3. The van der Waals surface area contributed by atoms with E-state index in [4.69, 9.17) is 4.74 Å². The number of phenolic OH excluding ortho intramolecular Hbond substituents is 1. The van der Waals surface area contributed by atoms with Gasteiger partial charge in [-0.05, 0) is 35.0 Å². The van der Waals surface area contributed by atoms with E-state index in [1.54, 1.807) is 12.1 Å². The third-order valence-corrected chi connectivity index (χ3v) is 3.23. The van der Waals surface area contributed by atoms with Crippen LogP contribution >= 0.6 is 0 Å². The Balaban J connectivity index is 2.48. The molecule has 3 rings (SSSR count). The Hall–Kier alpha value is -2.36. The summed E-state index contributed by atoms with van der Waals surface area (Å²) >= 11 is 0. The van der Waals surface area contributed by atoms with Crippen molar-refractivity contribution >= 4 is 21.5 Å². The van der Waals surface area contributed by atoms with Gasteiger partial charge in [-0.3, -0.25) is 0 Å². The summed E-state index contributed by atoms with van der Waals surface area (Å²) < 4.78 is 32.8. The van der Waals surface area contributed by atoms with Gasteiger partial charge < -0.3 is 9.84 Å². The molecule has 0 spiro atoms. The van der Waals surface area contributed by atoms with Crippen LogP contribution in [0.25, 0.3) is 21.5 Å². The monoisotopic (exact) mass is 260 g/mol. The van der Waals surface area contributed by atoms with Crippen molar-refractivity contribution in [2.75, 3.05) is 7.11 Å². The van der Waals surface area contributed by atoms with Crippen LogP contribution in [0, 0.1) is 11.6 Å². The van der Waals surface area contributed by atoms with Gasteiger partial charge >= 0.3 is 0 Å². The van der Waals surface area contributed by atoms with E-state index in [9.17, 15) is 13.9 Å². The van der Waals surface area contributed by atoms with Gasteiger partial charge in [0.2, 0.25) is 0 Å². The van der Waals surface area contributed by atoms with Crippen LogP contribution in [0.15, 0.2) is 36.4 Å². The number of fused-ring (bicyclic) bond motifs is 3. The maximum absolute atomic E-state index is 14.1. The van der Waals surface area contributed by atoms with Gasteiger partial charge in [-0.1, -0.05) is 12.1 Å². The Morgan fingerprint density at radius 3 is 1.95 bits per heavy atom. The van der Waals surface area contributed by atoms with E-state index in [0.29, 0.717) is 16.2 Å². The van der Waals surface area contributed by atoms with Gasteiger partial charge in [-0.25, -0.2) is 8.78 Å². The smallest absolute Gasteiger partial charge is 0.172 e. The molecular formula is C15H10F2O2. The number of halogens is 2. The summed E-state index contributed by atoms with van der Waals surface area (Å²) in [6, 6.07) is 8.95. The van der Waals surface area contributed by atoms with Crippen molar-refractivity contribution < 1.29 is 18.6 Å². The third kappa shape index (κ3) is 1.60. The Kier molecular flexibility index (Phi) is 2.52. The van der Waals surface area contributed by atoms with E-state index >= 15 is 0 Å². The molecule has 0 saturated heterocycles. The highest BCUT2D eigenvalue weighted by molar-refractivity contribution is 6.08. The van der Waals surface area contributed by atoms with Gasteiger partial charge in [0.05, 0.1) is 7.11 Å². The van der Waals surface area contributed by atoms with Gasteiger partial charge in [0.25, 0.3) is 0 Å². The number of hydrogen-bond acceptors (Lipinski definition) is 2. The van der Waals surface area contributed by atoms with Crippen molar-refractivity contribution in [3.05, 3.63) is 48.0 Å². The topological polar surface area (TPSA) is 29.5 Å². The van der Waals surface area contributed by atoms with E-state index in [1.165, 1.54) is 31.4 Å². The van der Waals surface area contributed by atoms with Gasteiger partial charge in [-0.15, -0.1) is 0 Å². The number of aromatic hydroxyl groups is 1. The molecular weight excluding hydrogens is 250 g/mol. The Morgan fingerprint density at radius 1 is 0.789 bits per heavy atom. The molecule has 2 nitrogen and oxygen atoms in total. The first kappa shape index (κ1) is 11.7. The number of hydrogen-bond donors (Lipinski definition) is 1. The Labute approximate surface area is 107 Å². The quantitative estimate of drug-likeness (QED) is 0.670. The molecule has 3 aromatic rings. The van der Waals surface area contributed by atoms with E-state index in [0.717, 1.165) is 0 Å². The molecule has 19 heavy (non-hydrogen) atoms. The van der Waals surface area contributed by atoms with Crippen LogP contribution in [0.2, 0.25) is 0 Å². The molecule has 0 heterocycles. The largest absolute Gasteiger partial charge is 0.505 e. The minimum absolute atomic E-state index is 0.145. The second-order valence-corrected chi connectivity index (χ2v) is 4.24. The predicted octanol–water partition coefficient (Wildman–Crippen LogP) is 3.99. The molecule has 0 aliphatic rings. The normalized spacial score (nSPS) is 11.1. The number of benzene rings is 3. The van der Waals surface area contributed by atoms with Crippen LogP contribution in [-0.2, 0) is 0 Å². The Bertz CT molecular complexity index is 797. The van der Waals surface area contributed by atoms with Crippen LogP contribution in [-0.4, -0.2) is 12.2 Å². The lowest BCUT2D eigenvalue weighted by Crippen LogP contribution is -1.90. The SMILES string of the molecule is COc1ccc2c(ccc3c(F)c(O)ccc32)c1F. The first-order chi connectivity index (χ1) is 9.13. The number of ether oxygens (including phenoxy) is 1. The predicted molar refractivity (Wildman–Crippen MR) is 69.6 cm³/mol. The zero-order valence-electron chi connectivity index (χ0n) is 10.1. The van der Waals surface area contributed by atoms with Crippen molar-refractivity contribution in [3.63, 3.8) is 0 Å². The van der Waals surface area contributed by atoms with Crippen molar-refractivity contribution in [3.8, 4) is 11.5 Å². The van der Waals surface area contributed by atoms with Crippen molar-refractivity contribution in [1.82, 2.24) is 0 Å². The van der Waals surface area contributed by atoms with E-state index in [-0.39, 0.29) is 11.1 Å². The molecule has 0 radical (unpaired) electrons. The summed E-state index contributed by atoms with van der Waals surface area (Å²) in [6.07, 6.45) is 0. The van der Waals surface area contributed by atoms with Crippen LogP contribution in [0.1, 0.15) is 0 Å². The van der Waals surface area contributed by atoms with E-state index < -0.39 is 17.4 Å². The summed E-state index contributed by atoms with van der Waals surface area (Å²) in [7, 11) is 1.39. The van der Waals surface area contributed by atoms with Gasteiger partial charge in [0, 0.05) is 10.8 Å². The lowest BCUT2D eigenvalue weighted by molar-refractivity contribution is 0.389. The van der Waals surface area contributed by atoms with E-state index in [2.05, 4.69) is 0 Å². The Morgan fingerprint density at radius 2 is 1.32 bits per heavy atom. The first-order valence-corrected chi connectivity index (χ1v) is 5.70. The average molecular weight is 260 g/mol. The number of phenols is 1. The maximum Gasteiger partial charge on any atom is 0.172 e. The zero-order valence-corrected chi connectivity index (χ0v) is 10.1. The highest BCUT2D eigenvalue weighted by atomic mass is 19.1. The van der Waals surface area contributed by atoms with Crippen molar-refractivity contribution in [1.29, 1.82) is 0 Å². The second kappa shape index (κ2) is 4.09. The lowest BCUT2D eigenvalue weighted by Gasteiger charge is -2.09. The number of methoxy groups -OCH3 is 1. The van der Waals surface area contributed by atoms with Gasteiger partial charge in [0.15, 0.2) is 23.1 Å². The summed E-state index contributed by atoms with van der Waals surface area (Å²) in [5, 5.41) is 11.1. The molecule has 0 saturated carbocycles. The van der Waals surface area contributed by atoms with Crippen LogP contribution in [0.3, 0.4) is 0 Å². The van der Waals surface area contributed by atoms with Gasteiger partial charge in [-0.2, -0.15) is 0 Å². The molecule has 0 aromatic heterocycles. The molecule has 1 N–H and O–H groups in total. The minimum Gasteiger partial charge on any atom is -0.505 e. The highest BCUT2D eigenvalue weighted by Crippen LogP contribution is 2.34. The number of rotatable bonds is 1. The van der Waals surface area contributed by atoms with Crippen molar-refractivity contribution in [2.45, 2.75) is 0 Å². The summed E-state index contributed by atoms with van der Waals surface area (Å²) in [6.45, 7) is 0. The maximum atomic E-state index is 14.1. The van der Waals surface area contributed by atoms with Crippen LogP contribution in [0.5, 0.6) is 11.5 Å². The van der Waals surface area contributed by atoms with Crippen LogP contribution < -0.4 is 4.74 Å². The summed E-state index contributed by atoms with van der Waals surface area (Å²) in [5.74, 6) is -1.45. The lowest BCUT2D eigenvalue weighted by atomic mass is 10.0. The molecule has 0 aliphatic carbocycles. The first-order valence-electron chi connectivity index (χ1n) is 5.70. The third-order valence-electron chi connectivity index (χ3n) is 3.23. The van der Waals surface area contributed by atoms with Gasteiger partial charge in [0.1, 0.15) is 0 Å². The molecule has 3 aromatic carbocycles. The van der Waals surface area contributed by atoms with Crippen LogP contribution in [0.4, 0.5) is 8.78 Å². The van der Waals surface area contributed by atoms with Crippen molar-refractivity contribution in [2.24, 2.45) is 0 Å². The summed E-state index contributed by atoms with van der Waals surface area (Å²) in [4.78, 5) is 0. The molecule has 0 fully saturated rings. The average Bonchev–Trinajstić information content (AvgIpc) is 2.43. The molecule has 0 aliphatic heterocycles. The minimum atomic E-state index is -0.698. The fraction of sp³-hybridized carbons (Fsp3) is 0.0667. The van der Waals surface area contributed by atoms with E-state index in [1.807, 2.05) is 0 Å². The molecule has 0 unspecified atom stereocenters. The highest BCUT2D eigenvalue weighted by Gasteiger charge is 2.13. The molecule has 0 atom stereocenters. The summed E-state index contributed by atoms with van der Waals surface area (Å²) in [5.41, 5.74) is 0. The molecule has 96 valence electrons. The molecule has 0 amide bonds. The zero-order chi connectivity index (χ0) is 13.6. The molecule has 4 heteroatoms. The molecule has 0 bridgehead atoms. The second-order valence-electron chi connectivity index (χ2n) is 4.24. The fourth-order valence-electron chi connectivity index (χ4n) is 2.27. The fourth-order valence-corrected chi connectivity index (χ4v) is 2.27.